The van der Waals surface area contributed by atoms with E-state index in [2.05, 4.69) is 40.3 Å². The monoisotopic (exact) mass is 295 g/mol. The topological polar surface area (TPSA) is 29.1 Å². The third-order valence-electron chi connectivity index (χ3n) is 3.40. The lowest BCUT2D eigenvalue weighted by molar-refractivity contribution is -0.122. The molecule has 1 aromatic carbocycles. The summed E-state index contributed by atoms with van der Waals surface area (Å²) in [5.41, 5.74) is 2.51. The van der Waals surface area contributed by atoms with Crippen molar-refractivity contribution in [2.75, 3.05) is 0 Å². The van der Waals surface area contributed by atoms with Crippen molar-refractivity contribution in [3.63, 3.8) is 0 Å². The number of halogens is 1. The smallest absolute Gasteiger partial charge is 0.220 e. The zero-order valence-corrected chi connectivity index (χ0v) is 11.7. The summed E-state index contributed by atoms with van der Waals surface area (Å²) >= 11 is 3.45. The molecule has 0 radical (unpaired) electrons. The van der Waals surface area contributed by atoms with E-state index in [1.165, 1.54) is 17.5 Å². The number of carbonyl (C=O) groups excluding carboxylic acids is 1. The van der Waals surface area contributed by atoms with Gasteiger partial charge in [0.1, 0.15) is 0 Å². The molecule has 3 heteroatoms. The number of rotatable bonds is 4. The molecular formula is C14H18BrNO. The highest BCUT2D eigenvalue weighted by Crippen LogP contribution is 2.19. The molecule has 0 unspecified atom stereocenters. The van der Waals surface area contributed by atoms with Gasteiger partial charge < -0.3 is 5.32 Å². The molecule has 1 aliphatic rings. The minimum Gasteiger partial charge on any atom is -0.353 e. The second-order valence-electron chi connectivity index (χ2n) is 4.77. The number of amides is 1. The summed E-state index contributed by atoms with van der Waals surface area (Å²) < 4.78 is 1.10. The quantitative estimate of drug-likeness (QED) is 0.907. The summed E-state index contributed by atoms with van der Waals surface area (Å²) in [5, 5.41) is 3.07. The SMILES string of the molecule is Cc1cc(Br)ccc1CCC(=O)NC1CCC1. The van der Waals surface area contributed by atoms with Crippen LogP contribution in [0.25, 0.3) is 0 Å². The first-order chi connectivity index (χ1) is 8.15. The number of aryl methyl sites for hydroxylation is 2. The Morgan fingerprint density at radius 3 is 2.82 bits per heavy atom. The Balaban J connectivity index is 1.82. The van der Waals surface area contributed by atoms with Crippen LogP contribution >= 0.6 is 15.9 Å². The maximum atomic E-state index is 11.7. The van der Waals surface area contributed by atoms with E-state index in [1.807, 2.05) is 6.07 Å². The van der Waals surface area contributed by atoms with Gasteiger partial charge in [-0.15, -0.1) is 0 Å². The zero-order valence-electron chi connectivity index (χ0n) is 10.1. The van der Waals surface area contributed by atoms with Gasteiger partial charge in [0.25, 0.3) is 0 Å². The Morgan fingerprint density at radius 1 is 1.47 bits per heavy atom. The van der Waals surface area contributed by atoms with Crippen LogP contribution in [0.15, 0.2) is 22.7 Å². The number of nitrogens with one attached hydrogen (secondary N) is 1. The van der Waals surface area contributed by atoms with Gasteiger partial charge in [0, 0.05) is 16.9 Å². The van der Waals surface area contributed by atoms with Crippen molar-refractivity contribution in [1.29, 1.82) is 0 Å². The minimum absolute atomic E-state index is 0.192. The van der Waals surface area contributed by atoms with Crippen molar-refractivity contribution >= 4 is 21.8 Å². The molecule has 17 heavy (non-hydrogen) atoms. The molecular weight excluding hydrogens is 278 g/mol. The predicted octanol–water partition coefficient (Wildman–Crippen LogP) is 3.36. The lowest BCUT2D eigenvalue weighted by Gasteiger charge is -2.26. The molecule has 2 nitrogen and oxygen atoms in total. The van der Waals surface area contributed by atoms with Crippen LogP contribution in [-0.4, -0.2) is 11.9 Å². The van der Waals surface area contributed by atoms with Crippen LogP contribution < -0.4 is 5.32 Å². The van der Waals surface area contributed by atoms with Crippen molar-refractivity contribution in [3.05, 3.63) is 33.8 Å². The van der Waals surface area contributed by atoms with E-state index in [9.17, 15) is 4.79 Å². The molecule has 2 rings (SSSR count). The molecule has 0 atom stereocenters. The van der Waals surface area contributed by atoms with Crippen LogP contribution in [0.5, 0.6) is 0 Å². The molecule has 0 spiro atoms. The molecule has 0 saturated heterocycles. The fourth-order valence-corrected chi connectivity index (χ4v) is 2.52. The van der Waals surface area contributed by atoms with Crippen molar-refractivity contribution < 1.29 is 4.79 Å². The summed E-state index contributed by atoms with van der Waals surface area (Å²) in [6.07, 6.45) is 5.00. The maximum Gasteiger partial charge on any atom is 0.220 e. The van der Waals surface area contributed by atoms with E-state index < -0.39 is 0 Å². The normalized spacial score (nSPS) is 15.4. The van der Waals surface area contributed by atoms with Gasteiger partial charge in [0.2, 0.25) is 5.91 Å². The molecule has 1 fully saturated rings. The lowest BCUT2D eigenvalue weighted by atomic mass is 9.93. The lowest BCUT2D eigenvalue weighted by Crippen LogP contribution is -2.39. The number of hydrogen-bond donors (Lipinski definition) is 1. The molecule has 1 amide bonds. The van der Waals surface area contributed by atoms with Gasteiger partial charge in [-0.3, -0.25) is 4.79 Å². The van der Waals surface area contributed by atoms with E-state index in [0.29, 0.717) is 12.5 Å². The van der Waals surface area contributed by atoms with E-state index >= 15 is 0 Å². The Bertz CT molecular complexity index is 413. The van der Waals surface area contributed by atoms with E-state index in [4.69, 9.17) is 0 Å². The Morgan fingerprint density at radius 2 is 2.24 bits per heavy atom. The molecule has 0 aliphatic heterocycles. The summed E-state index contributed by atoms with van der Waals surface area (Å²) in [7, 11) is 0. The van der Waals surface area contributed by atoms with E-state index in [0.717, 1.165) is 23.7 Å². The maximum absolute atomic E-state index is 11.7. The van der Waals surface area contributed by atoms with Crippen molar-refractivity contribution in [2.45, 2.75) is 45.1 Å². The van der Waals surface area contributed by atoms with Crippen molar-refractivity contribution in [3.8, 4) is 0 Å². The number of benzene rings is 1. The van der Waals surface area contributed by atoms with Crippen LogP contribution in [-0.2, 0) is 11.2 Å². The molecule has 0 bridgehead atoms. The Kier molecular flexibility index (Phi) is 4.21. The Labute approximate surface area is 111 Å². The van der Waals surface area contributed by atoms with Crippen molar-refractivity contribution in [2.24, 2.45) is 0 Å². The average Bonchev–Trinajstić information content (AvgIpc) is 2.22. The summed E-state index contributed by atoms with van der Waals surface area (Å²) in [6.45, 7) is 2.09. The van der Waals surface area contributed by atoms with Crippen LogP contribution in [0.1, 0.15) is 36.8 Å². The Hall–Kier alpha value is -0.830. The van der Waals surface area contributed by atoms with Crippen LogP contribution in [0.3, 0.4) is 0 Å². The van der Waals surface area contributed by atoms with E-state index in [-0.39, 0.29) is 5.91 Å². The van der Waals surface area contributed by atoms with Gasteiger partial charge in [-0.2, -0.15) is 0 Å². The van der Waals surface area contributed by atoms with Gasteiger partial charge >= 0.3 is 0 Å². The first kappa shape index (κ1) is 12.6. The second kappa shape index (κ2) is 5.67. The summed E-state index contributed by atoms with van der Waals surface area (Å²) in [4.78, 5) is 11.7. The highest BCUT2D eigenvalue weighted by molar-refractivity contribution is 9.10. The standard InChI is InChI=1S/C14H18BrNO/c1-10-9-12(15)7-5-11(10)6-8-14(17)16-13-3-2-4-13/h5,7,9,13H,2-4,6,8H2,1H3,(H,16,17). The summed E-state index contributed by atoms with van der Waals surface area (Å²) in [5.74, 6) is 0.192. The molecule has 1 N–H and O–H groups in total. The average molecular weight is 296 g/mol. The summed E-state index contributed by atoms with van der Waals surface area (Å²) in [6, 6.07) is 6.68. The molecule has 1 saturated carbocycles. The molecule has 0 heterocycles. The first-order valence-corrected chi connectivity index (χ1v) is 6.99. The fourth-order valence-electron chi connectivity index (χ4n) is 2.04. The number of carbonyl (C=O) groups is 1. The zero-order chi connectivity index (χ0) is 12.3. The van der Waals surface area contributed by atoms with Crippen LogP contribution in [0, 0.1) is 6.92 Å². The van der Waals surface area contributed by atoms with Crippen LogP contribution in [0.4, 0.5) is 0 Å². The van der Waals surface area contributed by atoms with Gasteiger partial charge in [-0.25, -0.2) is 0 Å². The highest BCUT2D eigenvalue weighted by Gasteiger charge is 2.18. The van der Waals surface area contributed by atoms with Crippen molar-refractivity contribution in [1.82, 2.24) is 5.32 Å². The van der Waals surface area contributed by atoms with Gasteiger partial charge in [0.05, 0.1) is 0 Å². The minimum atomic E-state index is 0.192. The number of hydrogen-bond acceptors (Lipinski definition) is 1. The van der Waals surface area contributed by atoms with Gasteiger partial charge in [0.15, 0.2) is 0 Å². The van der Waals surface area contributed by atoms with Crippen LogP contribution in [0.2, 0.25) is 0 Å². The highest BCUT2D eigenvalue weighted by atomic mass is 79.9. The second-order valence-corrected chi connectivity index (χ2v) is 5.68. The van der Waals surface area contributed by atoms with Gasteiger partial charge in [-0.1, -0.05) is 22.0 Å². The third kappa shape index (κ3) is 3.56. The molecule has 92 valence electrons. The molecule has 1 aliphatic carbocycles. The molecule has 0 aromatic heterocycles. The largest absolute Gasteiger partial charge is 0.353 e. The first-order valence-electron chi connectivity index (χ1n) is 6.19. The van der Waals surface area contributed by atoms with Gasteiger partial charge in [-0.05, 0) is 55.9 Å². The van der Waals surface area contributed by atoms with E-state index in [1.54, 1.807) is 0 Å². The molecule has 1 aromatic rings. The predicted molar refractivity (Wildman–Crippen MR) is 73.0 cm³/mol. The third-order valence-corrected chi connectivity index (χ3v) is 3.89. The fraction of sp³-hybridized carbons (Fsp3) is 0.500.